The van der Waals surface area contributed by atoms with Gasteiger partial charge in [-0.3, -0.25) is 0 Å². The van der Waals surface area contributed by atoms with Gasteiger partial charge >= 0.3 is 5.97 Å². The lowest BCUT2D eigenvalue weighted by Crippen LogP contribution is -2.14. The summed E-state index contributed by atoms with van der Waals surface area (Å²) in [5.41, 5.74) is 3.14. The molecule has 0 aliphatic carbocycles. The van der Waals surface area contributed by atoms with Gasteiger partial charge in [-0.1, -0.05) is 13.0 Å². The van der Waals surface area contributed by atoms with E-state index in [1.54, 1.807) is 0 Å². The zero-order valence-electron chi connectivity index (χ0n) is 14.8. The Hall–Kier alpha value is -1.88. The molecular formula is C19H28N2O3. The maximum Gasteiger partial charge on any atom is 0.333 e. The number of carbonyl (C=O) groups is 1. The van der Waals surface area contributed by atoms with E-state index in [1.807, 2.05) is 13.0 Å². The molecule has 0 aromatic carbocycles. The van der Waals surface area contributed by atoms with Crippen LogP contribution in [0.5, 0.6) is 0 Å². The fraction of sp³-hybridized carbons (Fsp3) is 0.579. The number of unbranched alkanes of at least 4 members (excludes halogenated alkanes) is 1. The molecule has 5 nitrogen and oxygen atoms in total. The monoisotopic (exact) mass is 332 g/mol. The Morgan fingerprint density at radius 1 is 1.38 bits per heavy atom. The number of esters is 1. The Morgan fingerprint density at radius 2 is 2.25 bits per heavy atom. The molecule has 0 spiro atoms. The summed E-state index contributed by atoms with van der Waals surface area (Å²) in [5.74, 6) is 0.795. The molecule has 1 aliphatic heterocycles. The van der Waals surface area contributed by atoms with E-state index in [0.29, 0.717) is 25.2 Å². The molecule has 0 unspecified atom stereocenters. The smallest absolute Gasteiger partial charge is 0.333 e. The van der Waals surface area contributed by atoms with E-state index in [9.17, 15) is 4.79 Å². The average Bonchev–Trinajstić information content (AvgIpc) is 2.63. The zero-order chi connectivity index (χ0) is 17.2. The van der Waals surface area contributed by atoms with Crippen LogP contribution in [0.2, 0.25) is 0 Å². The Morgan fingerprint density at radius 3 is 3.04 bits per heavy atom. The van der Waals surface area contributed by atoms with Crippen molar-refractivity contribution in [3.8, 4) is 0 Å². The lowest BCUT2D eigenvalue weighted by molar-refractivity contribution is -0.136. The van der Waals surface area contributed by atoms with Gasteiger partial charge in [0.1, 0.15) is 5.82 Å². The second-order valence-electron chi connectivity index (χ2n) is 5.95. The molecule has 24 heavy (non-hydrogen) atoms. The number of methoxy groups -OCH3 is 1. The summed E-state index contributed by atoms with van der Waals surface area (Å²) in [4.78, 5) is 16.1. The first-order chi connectivity index (χ1) is 11.7. The van der Waals surface area contributed by atoms with Crippen molar-refractivity contribution in [2.24, 2.45) is 0 Å². The second kappa shape index (κ2) is 10.1. The number of hydrogen-bond donors (Lipinski definition) is 1. The number of hydrogen-bond acceptors (Lipinski definition) is 5. The van der Waals surface area contributed by atoms with Crippen molar-refractivity contribution in [3.05, 3.63) is 35.0 Å². The van der Waals surface area contributed by atoms with E-state index < -0.39 is 0 Å². The Bertz CT molecular complexity index is 570. The number of pyridine rings is 1. The van der Waals surface area contributed by atoms with Gasteiger partial charge in [-0.25, -0.2) is 9.78 Å². The molecule has 2 heterocycles. The summed E-state index contributed by atoms with van der Waals surface area (Å²) in [7, 11) is 1.40. The van der Waals surface area contributed by atoms with Gasteiger partial charge in [0.2, 0.25) is 0 Å². The number of carbonyl (C=O) groups excluding carboxylic acids is 1. The second-order valence-corrected chi connectivity index (χ2v) is 5.95. The molecular weight excluding hydrogens is 304 g/mol. The normalized spacial score (nSPS) is 14.0. The zero-order valence-corrected chi connectivity index (χ0v) is 14.8. The number of nitrogens with one attached hydrogen (secondary N) is 1. The molecule has 2 rings (SSSR count). The summed E-state index contributed by atoms with van der Waals surface area (Å²) < 4.78 is 10.3. The van der Waals surface area contributed by atoms with E-state index >= 15 is 0 Å². The Balaban J connectivity index is 1.63. The van der Waals surface area contributed by atoms with Crippen LogP contribution >= 0.6 is 0 Å². The summed E-state index contributed by atoms with van der Waals surface area (Å²) in [6, 6.07) is 4.34. The number of aromatic nitrogens is 1. The first-order valence-corrected chi connectivity index (χ1v) is 8.82. The largest absolute Gasteiger partial charge is 0.466 e. The van der Waals surface area contributed by atoms with E-state index in [1.165, 1.54) is 19.1 Å². The number of aryl methyl sites for hydroxylation is 2. The third kappa shape index (κ3) is 5.64. The highest BCUT2D eigenvalue weighted by Crippen LogP contribution is 2.20. The van der Waals surface area contributed by atoms with Gasteiger partial charge < -0.3 is 14.8 Å². The van der Waals surface area contributed by atoms with Gasteiger partial charge in [-0.2, -0.15) is 0 Å². The summed E-state index contributed by atoms with van der Waals surface area (Å²) in [6.45, 7) is 4.11. The predicted molar refractivity (Wildman–Crippen MR) is 95.2 cm³/mol. The number of anilines is 1. The van der Waals surface area contributed by atoms with Crippen LogP contribution in [-0.2, 0) is 27.1 Å². The van der Waals surface area contributed by atoms with Gasteiger partial charge in [-0.15, -0.1) is 0 Å². The van der Waals surface area contributed by atoms with E-state index in [2.05, 4.69) is 17.4 Å². The standard InChI is InChI=1S/C19H28N2O3/c1-3-15(19(22)23-2)11-14-24-13-5-4-8-17-10-9-16-7-6-12-20-18(16)21-17/h9-11H,3-8,12-14H2,1-2H3,(H,20,21)/b15-11-. The van der Waals surface area contributed by atoms with Gasteiger partial charge in [0.05, 0.1) is 13.7 Å². The fourth-order valence-corrected chi connectivity index (χ4v) is 2.76. The highest BCUT2D eigenvalue weighted by atomic mass is 16.5. The van der Waals surface area contributed by atoms with Crippen LogP contribution in [0.3, 0.4) is 0 Å². The SMILES string of the molecule is CC/C(=C/COCCCCc1ccc2c(n1)NCCC2)C(=O)OC. The lowest BCUT2D eigenvalue weighted by Gasteiger charge is -2.17. The molecule has 132 valence electrons. The molecule has 0 bridgehead atoms. The lowest BCUT2D eigenvalue weighted by atomic mass is 10.1. The Kier molecular flexibility index (Phi) is 7.75. The van der Waals surface area contributed by atoms with E-state index in [-0.39, 0.29) is 5.97 Å². The maximum absolute atomic E-state index is 11.4. The van der Waals surface area contributed by atoms with Gasteiger partial charge in [-0.05, 0) is 56.2 Å². The molecule has 0 atom stereocenters. The van der Waals surface area contributed by atoms with Crippen molar-refractivity contribution in [3.63, 3.8) is 0 Å². The van der Waals surface area contributed by atoms with Gasteiger partial charge in [0.15, 0.2) is 0 Å². The van der Waals surface area contributed by atoms with Crippen molar-refractivity contribution < 1.29 is 14.3 Å². The third-order valence-electron chi connectivity index (χ3n) is 4.20. The number of nitrogens with zero attached hydrogens (tertiary/aromatic N) is 1. The van der Waals surface area contributed by atoms with Gasteiger partial charge in [0.25, 0.3) is 0 Å². The van der Waals surface area contributed by atoms with Crippen LogP contribution in [0, 0.1) is 0 Å². The number of ether oxygens (including phenoxy) is 2. The molecule has 1 aromatic heterocycles. The molecule has 0 saturated heterocycles. The van der Waals surface area contributed by atoms with Gasteiger partial charge in [0, 0.05) is 24.4 Å². The molecule has 0 radical (unpaired) electrons. The van der Waals surface area contributed by atoms with Crippen LogP contribution in [0.4, 0.5) is 5.82 Å². The topological polar surface area (TPSA) is 60.5 Å². The number of rotatable bonds is 9. The minimum atomic E-state index is -0.270. The summed E-state index contributed by atoms with van der Waals surface area (Å²) >= 11 is 0. The van der Waals surface area contributed by atoms with Crippen LogP contribution in [0.1, 0.15) is 43.9 Å². The van der Waals surface area contributed by atoms with Crippen molar-refractivity contribution in [2.75, 3.05) is 32.2 Å². The van der Waals surface area contributed by atoms with Crippen molar-refractivity contribution >= 4 is 11.8 Å². The van der Waals surface area contributed by atoms with E-state index in [4.69, 9.17) is 14.5 Å². The van der Waals surface area contributed by atoms with E-state index in [0.717, 1.165) is 43.7 Å². The number of fused-ring (bicyclic) bond motifs is 1. The molecule has 1 aliphatic rings. The first-order valence-electron chi connectivity index (χ1n) is 8.82. The van der Waals surface area contributed by atoms with Crippen molar-refractivity contribution in [1.82, 2.24) is 4.98 Å². The molecule has 0 saturated carbocycles. The van der Waals surface area contributed by atoms with Crippen LogP contribution in [0.25, 0.3) is 0 Å². The minimum Gasteiger partial charge on any atom is -0.466 e. The summed E-state index contributed by atoms with van der Waals surface area (Å²) in [6.07, 6.45) is 7.79. The molecule has 1 aromatic rings. The molecule has 0 fully saturated rings. The minimum absolute atomic E-state index is 0.270. The predicted octanol–water partition coefficient (Wildman–Crippen LogP) is 3.29. The van der Waals surface area contributed by atoms with Crippen molar-refractivity contribution in [1.29, 1.82) is 0 Å². The summed E-state index contributed by atoms with van der Waals surface area (Å²) in [5, 5.41) is 3.37. The Labute approximate surface area is 144 Å². The molecule has 0 amide bonds. The third-order valence-corrected chi connectivity index (χ3v) is 4.20. The van der Waals surface area contributed by atoms with Crippen molar-refractivity contribution in [2.45, 2.75) is 45.4 Å². The fourth-order valence-electron chi connectivity index (χ4n) is 2.76. The van der Waals surface area contributed by atoms with Crippen LogP contribution < -0.4 is 5.32 Å². The highest BCUT2D eigenvalue weighted by Gasteiger charge is 2.10. The maximum atomic E-state index is 11.4. The average molecular weight is 332 g/mol. The highest BCUT2D eigenvalue weighted by molar-refractivity contribution is 5.88. The first kappa shape index (κ1) is 18.5. The van der Waals surface area contributed by atoms with Crippen LogP contribution in [0.15, 0.2) is 23.8 Å². The molecule has 5 heteroatoms. The van der Waals surface area contributed by atoms with Crippen LogP contribution in [-0.4, -0.2) is 37.8 Å². The molecule has 1 N–H and O–H groups in total. The quantitative estimate of drug-likeness (QED) is 0.427.